The topological polar surface area (TPSA) is 88.2 Å². The molecular weight excluding hydrogens is 494 g/mol. The number of methoxy groups -OCH3 is 1. The van der Waals surface area contributed by atoms with Crippen molar-refractivity contribution in [2.24, 2.45) is 11.8 Å². The van der Waals surface area contributed by atoms with E-state index in [1.807, 2.05) is 49.1 Å². The van der Waals surface area contributed by atoms with Crippen LogP contribution in [0.5, 0.6) is 5.75 Å². The summed E-state index contributed by atoms with van der Waals surface area (Å²) in [5.74, 6) is 0.104. The van der Waals surface area contributed by atoms with Crippen molar-refractivity contribution in [2.45, 2.75) is 58.1 Å². The van der Waals surface area contributed by atoms with Crippen molar-refractivity contribution >= 4 is 23.4 Å². The number of nitrogens with one attached hydrogen (secondary N) is 1. The van der Waals surface area contributed by atoms with Crippen LogP contribution >= 0.6 is 0 Å². The summed E-state index contributed by atoms with van der Waals surface area (Å²) in [6.45, 7) is 4.99. The first-order chi connectivity index (χ1) is 18.8. The zero-order valence-electron chi connectivity index (χ0n) is 23.5. The summed E-state index contributed by atoms with van der Waals surface area (Å²) in [5.41, 5.74) is 1.56. The average molecular weight is 536 g/mol. The summed E-state index contributed by atoms with van der Waals surface area (Å²) in [6.07, 6.45) is 4.83. The van der Waals surface area contributed by atoms with Gasteiger partial charge in [-0.15, -0.1) is 0 Å². The molecule has 1 saturated carbocycles. The Morgan fingerprint density at radius 1 is 1.00 bits per heavy atom. The molecule has 0 saturated heterocycles. The average Bonchev–Trinajstić information content (AvgIpc) is 2.97. The molecule has 2 aromatic carbocycles. The number of anilines is 1. The molecular formula is C31H41N3O5. The maximum absolute atomic E-state index is 13.6. The molecule has 2 aromatic rings. The maximum atomic E-state index is 13.6. The summed E-state index contributed by atoms with van der Waals surface area (Å²) in [4.78, 5) is 43.5. The minimum absolute atomic E-state index is 0.00138. The standard InChI is InChI=1S/C31H41N3O5/c1-21-18-34(30(36)24-13-9-6-10-14-24)22(2)20-39-27-16-15-25(32-29(35)23-11-7-5-8-12-23)17-26(27)31(37)33(3)19-28(21)38-4/h6,9-10,13-17,21-23,28H,5,7-8,11-12,18-20H2,1-4H3,(H,32,35)/t21-,22+,28-/m1/s1. The number of carbonyl (C=O) groups is 3. The van der Waals surface area contributed by atoms with Gasteiger partial charge in [-0.3, -0.25) is 14.4 Å². The lowest BCUT2D eigenvalue weighted by atomic mass is 9.88. The van der Waals surface area contributed by atoms with E-state index in [2.05, 4.69) is 5.32 Å². The van der Waals surface area contributed by atoms with E-state index in [0.717, 1.165) is 25.7 Å². The van der Waals surface area contributed by atoms with Crippen molar-refractivity contribution in [3.8, 4) is 5.75 Å². The molecule has 0 aromatic heterocycles. The monoisotopic (exact) mass is 535 g/mol. The van der Waals surface area contributed by atoms with Gasteiger partial charge in [0, 0.05) is 50.3 Å². The number of hydrogen-bond acceptors (Lipinski definition) is 5. The molecule has 1 N–H and O–H groups in total. The van der Waals surface area contributed by atoms with Crippen molar-refractivity contribution in [1.82, 2.24) is 9.80 Å². The number of hydrogen-bond donors (Lipinski definition) is 1. The molecule has 8 nitrogen and oxygen atoms in total. The van der Waals surface area contributed by atoms with Gasteiger partial charge in [0.2, 0.25) is 5.91 Å². The number of benzene rings is 2. The number of ether oxygens (including phenoxy) is 2. The Morgan fingerprint density at radius 2 is 1.72 bits per heavy atom. The second-order valence-electron chi connectivity index (χ2n) is 11.0. The van der Waals surface area contributed by atoms with Crippen molar-refractivity contribution < 1.29 is 23.9 Å². The number of nitrogens with zero attached hydrogens (tertiary/aromatic N) is 2. The van der Waals surface area contributed by atoms with Crippen LogP contribution in [-0.4, -0.2) is 73.5 Å². The highest BCUT2D eigenvalue weighted by atomic mass is 16.5. The predicted octanol–water partition coefficient (Wildman–Crippen LogP) is 4.85. The molecule has 0 bridgehead atoms. The largest absolute Gasteiger partial charge is 0.491 e. The normalized spacial score (nSPS) is 23.2. The fourth-order valence-corrected chi connectivity index (χ4v) is 5.49. The van der Waals surface area contributed by atoms with Gasteiger partial charge in [-0.05, 0) is 50.1 Å². The van der Waals surface area contributed by atoms with Crippen LogP contribution in [0.4, 0.5) is 5.69 Å². The van der Waals surface area contributed by atoms with Crippen LogP contribution in [0.25, 0.3) is 0 Å². The summed E-state index contributed by atoms with van der Waals surface area (Å²) in [6, 6.07) is 14.2. The van der Waals surface area contributed by atoms with E-state index < -0.39 is 0 Å². The van der Waals surface area contributed by atoms with Crippen LogP contribution in [0.15, 0.2) is 48.5 Å². The van der Waals surface area contributed by atoms with Gasteiger partial charge in [-0.2, -0.15) is 0 Å². The number of amides is 3. The first-order valence-corrected chi connectivity index (χ1v) is 14.0. The van der Waals surface area contributed by atoms with Crippen LogP contribution < -0.4 is 10.1 Å². The first-order valence-electron chi connectivity index (χ1n) is 14.0. The molecule has 1 aliphatic carbocycles. The Balaban J connectivity index is 1.62. The van der Waals surface area contributed by atoms with Crippen molar-refractivity contribution in [3.05, 3.63) is 59.7 Å². The lowest BCUT2D eigenvalue weighted by molar-refractivity contribution is -0.120. The van der Waals surface area contributed by atoms with Gasteiger partial charge in [0.25, 0.3) is 11.8 Å². The molecule has 8 heteroatoms. The number of fused-ring (bicyclic) bond motifs is 1. The van der Waals surface area contributed by atoms with Crippen molar-refractivity contribution in [1.29, 1.82) is 0 Å². The van der Waals surface area contributed by atoms with E-state index in [1.165, 1.54) is 6.42 Å². The van der Waals surface area contributed by atoms with E-state index in [0.29, 0.717) is 35.7 Å². The minimum Gasteiger partial charge on any atom is -0.491 e. The van der Waals surface area contributed by atoms with Crippen molar-refractivity contribution in [3.63, 3.8) is 0 Å². The third kappa shape index (κ3) is 6.98. The summed E-state index contributed by atoms with van der Waals surface area (Å²) in [5, 5.41) is 3.02. The third-order valence-corrected chi connectivity index (χ3v) is 7.97. The van der Waals surface area contributed by atoms with E-state index in [-0.39, 0.29) is 48.3 Å². The smallest absolute Gasteiger partial charge is 0.257 e. The molecule has 4 rings (SSSR count). The summed E-state index contributed by atoms with van der Waals surface area (Å²) >= 11 is 0. The predicted molar refractivity (Wildman–Crippen MR) is 151 cm³/mol. The lowest BCUT2D eigenvalue weighted by Gasteiger charge is -2.36. The Kier molecular flexibility index (Phi) is 9.62. The van der Waals surface area contributed by atoms with Gasteiger partial charge < -0.3 is 24.6 Å². The van der Waals surface area contributed by atoms with Gasteiger partial charge in [0.15, 0.2) is 0 Å². The Morgan fingerprint density at radius 3 is 2.41 bits per heavy atom. The van der Waals surface area contributed by atoms with E-state index in [4.69, 9.17) is 9.47 Å². The van der Waals surface area contributed by atoms with Crippen LogP contribution in [-0.2, 0) is 9.53 Å². The van der Waals surface area contributed by atoms with E-state index in [1.54, 1.807) is 37.3 Å². The van der Waals surface area contributed by atoms with Crippen LogP contribution in [0, 0.1) is 11.8 Å². The van der Waals surface area contributed by atoms with E-state index >= 15 is 0 Å². The van der Waals surface area contributed by atoms with Gasteiger partial charge in [0.1, 0.15) is 12.4 Å². The zero-order chi connectivity index (χ0) is 27.9. The minimum atomic E-state index is -0.282. The highest BCUT2D eigenvalue weighted by Crippen LogP contribution is 2.29. The fourth-order valence-electron chi connectivity index (χ4n) is 5.49. The summed E-state index contributed by atoms with van der Waals surface area (Å²) in [7, 11) is 3.37. The molecule has 1 fully saturated rings. The molecule has 0 unspecified atom stereocenters. The number of likely N-dealkylation sites (N-methyl/N-ethyl adjacent to an activating group) is 1. The molecule has 2 aliphatic rings. The van der Waals surface area contributed by atoms with Gasteiger partial charge >= 0.3 is 0 Å². The number of carbonyl (C=O) groups excluding carboxylic acids is 3. The van der Waals surface area contributed by atoms with Crippen LogP contribution in [0.1, 0.15) is 66.7 Å². The zero-order valence-corrected chi connectivity index (χ0v) is 23.5. The van der Waals surface area contributed by atoms with Gasteiger partial charge in [-0.25, -0.2) is 0 Å². The second-order valence-corrected chi connectivity index (χ2v) is 11.0. The molecule has 39 heavy (non-hydrogen) atoms. The third-order valence-electron chi connectivity index (χ3n) is 7.97. The second kappa shape index (κ2) is 13.1. The van der Waals surface area contributed by atoms with Crippen LogP contribution in [0.3, 0.4) is 0 Å². The highest BCUT2D eigenvalue weighted by Gasteiger charge is 2.31. The highest BCUT2D eigenvalue weighted by molar-refractivity contribution is 6.00. The van der Waals surface area contributed by atoms with Crippen LogP contribution in [0.2, 0.25) is 0 Å². The Bertz CT molecular complexity index is 1150. The quantitative estimate of drug-likeness (QED) is 0.605. The molecule has 3 atom stereocenters. The maximum Gasteiger partial charge on any atom is 0.257 e. The summed E-state index contributed by atoms with van der Waals surface area (Å²) < 4.78 is 12.0. The first kappa shape index (κ1) is 28.6. The molecule has 1 aliphatic heterocycles. The Labute approximate surface area is 231 Å². The fraction of sp³-hybridized carbons (Fsp3) is 0.516. The number of rotatable bonds is 4. The molecule has 3 amide bonds. The molecule has 0 spiro atoms. The lowest BCUT2D eigenvalue weighted by Crippen LogP contribution is -2.48. The van der Waals surface area contributed by atoms with Gasteiger partial charge in [-0.1, -0.05) is 44.4 Å². The molecule has 0 radical (unpaired) electrons. The molecule has 210 valence electrons. The Hall–Kier alpha value is -3.39. The van der Waals surface area contributed by atoms with E-state index in [9.17, 15) is 14.4 Å². The molecule has 1 heterocycles. The SMILES string of the molecule is CO[C@@H]1CN(C)C(=O)c2cc(NC(=O)C3CCCCC3)ccc2OC[C@H](C)N(C(=O)c2ccccc2)C[C@H]1C. The van der Waals surface area contributed by atoms with Gasteiger partial charge in [0.05, 0.1) is 17.7 Å². The van der Waals surface area contributed by atoms with Crippen molar-refractivity contribution in [2.75, 3.05) is 39.2 Å².